The molecule has 0 unspecified atom stereocenters. The predicted molar refractivity (Wildman–Crippen MR) is 117 cm³/mol. The second-order valence-electron chi connectivity index (χ2n) is 7.10. The molecule has 0 aliphatic carbocycles. The van der Waals surface area contributed by atoms with E-state index in [1.807, 2.05) is 26.0 Å². The number of methoxy groups -OCH3 is 1. The maximum Gasteiger partial charge on any atom is 0.269 e. The van der Waals surface area contributed by atoms with Gasteiger partial charge in [0.05, 0.1) is 17.7 Å². The van der Waals surface area contributed by atoms with Crippen molar-refractivity contribution in [3.63, 3.8) is 0 Å². The molecular weight excluding hydrogens is 398 g/mol. The van der Waals surface area contributed by atoms with Gasteiger partial charge in [-0.1, -0.05) is 0 Å². The number of nitrogens with one attached hydrogen (secondary N) is 1. The predicted octanol–water partition coefficient (Wildman–Crippen LogP) is 5.28. The molecule has 0 saturated carbocycles. The molecule has 1 aromatic heterocycles. The monoisotopic (exact) mass is 417 g/mol. The molecule has 0 radical (unpaired) electrons. The van der Waals surface area contributed by atoms with Gasteiger partial charge in [-0.3, -0.25) is 14.9 Å². The zero-order valence-electron chi connectivity index (χ0n) is 17.1. The molecule has 0 aliphatic rings. The van der Waals surface area contributed by atoms with Gasteiger partial charge in [0.15, 0.2) is 5.58 Å². The van der Waals surface area contributed by atoms with Crippen molar-refractivity contribution in [2.75, 3.05) is 12.4 Å². The third kappa shape index (κ3) is 3.95. The van der Waals surface area contributed by atoms with E-state index in [1.54, 1.807) is 18.2 Å². The summed E-state index contributed by atoms with van der Waals surface area (Å²) in [4.78, 5) is 27.5. The summed E-state index contributed by atoms with van der Waals surface area (Å²) in [5.41, 5.74) is 4.97. The number of non-ortho nitro benzene ring substituents is 1. The fraction of sp³-hybridized carbons (Fsp3) is 0.130. The Hall–Kier alpha value is -4.20. The summed E-state index contributed by atoms with van der Waals surface area (Å²) in [5, 5.41) is 13.6. The largest absolute Gasteiger partial charge is 0.495 e. The molecule has 0 spiro atoms. The third-order valence-electron chi connectivity index (χ3n) is 5.04. The zero-order valence-corrected chi connectivity index (χ0v) is 17.1. The van der Waals surface area contributed by atoms with E-state index in [-0.39, 0.29) is 11.3 Å². The molecule has 8 heteroatoms. The van der Waals surface area contributed by atoms with Gasteiger partial charge in [-0.15, -0.1) is 0 Å². The number of carbonyl (C=O) groups excluding carboxylic acids is 1. The van der Waals surface area contributed by atoms with E-state index in [1.165, 1.54) is 31.4 Å². The number of oxazole rings is 1. The summed E-state index contributed by atoms with van der Waals surface area (Å²) in [6.45, 7) is 4.03. The molecule has 1 N–H and O–H groups in total. The molecule has 0 saturated heterocycles. The van der Waals surface area contributed by atoms with Gasteiger partial charge < -0.3 is 14.5 Å². The van der Waals surface area contributed by atoms with Crippen LogP contribution in [0.15, 0.2) is 59.0 Å². The van der Waals surface area contributed by atoms with Gasteiger partial charge in [0.2, 0.25) is 5.89 Å². The van der Waals surface area contributed by atoms with Gasteiger partial charge in [0.25, 0.3) is 11.6 Å². The van der Waals surface area contributed by atoms with Gasteiger partial charge in [0, 0.05) is 23.3 Å². The van der Waals surface area contributed by atoms with Crippen LogP contribution in [0.5, 0.6) is 5.75 Å². The average molecular weight is 417 g/mol. The van der Waals surface area contributed by atoms with E-state index in [0.29, 0.717) is 28.5 Å². The molecule has 0 aliphatic heterocycles. The normalized spacial score (nSPS) is 10.8. The van der Waals surface area contributed by atoms with E-state index < -0.39 is 10.8 Å². The lowest BCUT2D eigenvalue weighted by Crippen LogP contribution is -2.12. The number of amides is 1. The number of rotatable bonds is 5. The Kier molecular flexibility index (Phi) is 5.12. The standard InChI is InChI=1S/C23H19N3O5/c1-13-10-18-21(11-14(13)2)31-23(25-18)16-6-9-20(30-3)19(12-16)24-22(27)15-4-7-17(8-5-15)26(28)29/h4-12H,1-3H3,(H,24,27). The van der Waals surface area contributed by atoms with Gasteiger partial charge in [-0.2, -0.15) is 0 Å². The molecular formula is C23H19N3O5. The number of aryl methyl sites for hydroxylation is 2. The van der Waals surface area contributed by atoms with Crippen LogP contribution in [0.25, 0.3) is 22.6 Å². The van der Waals surface area contributed by atoms with Gasteiger partial charge in [-0.25, -0.2) is 4.98 Å². The average Bonchev–Trinajstić information content (AvgIpc) is 3.16. The van der Waals surface area contributed by atoms with Crippen LogP contribution in [0.3, 0.4) is 0 Å². The number of nitro benzene ring substituents is 1. The molecule has 0 fully saturated rings. The number of aromatic nitrogens is 1. The smallest absolute Gasteiger partial charge is 0.269 e. The first-order chi connectivity index (χ1) is 14.9. The molecule has 156 valence electrons. The highest BCUT2D eigenvalue weighted by Crippen LogP contribution is 2.33. The molecule has 31 heavy (non-hydrogen) atoms. The summed E-state index contributed by atoms with van der Waals surface area (Å²) in [6.07, 6.45) is 0. The van der Waals surface area contributed by atoms with Crippen molar-refractivity contribution in [3.8, 4) is 17.2 Å². The van der Waals surface area contributed by atoms with Crippen LogP contribution in [0, 0.1) is 24.0 Å². The fourth-order valence-corrected chi connectivity index (χ4v) is 3.17. The first-order valence-corrected chi connectivity index (χ1v) is 9.47. The molecule has 0 bridgehead atoms. The number of benzene rings is 3. The van der Waals surface area contributed by atoms with E-state index in [4.69, 9.17) is 9.15 Å². The zero-order chi connectivity index (χ0) is 22.1. The van der Waals surface area contributed by atoms with E-state index in [9.17, 15) is 14.9 Å². The van der Waals surface area contributed by atoms with Crippen LogP contribution in [0.4, 0.5) is 11.4 Å². The first kappa shape index (κ1) is 20.1. The Morgan fingerprint density at radius 1 is 1.06 bits per heavy atom. The Labute approximate surface area is 177 Å². The van der Waals surface area contributed by atoms with Crippen molar-refractivity contribution < 1.29 is 18.9 Å². The Bertz CT molecular complexity index is 1270. The number of fused-ring (bicyclic) bond motifs is 1. The minimum absolute atomic E-state index is 0.0856. The number of hydrogen-bond acceptors (Lipinski definition) is 6. The Morgan fingerprint density at radius 2 is 1.77 bits per heavy atom. The summed E-state index contributed by atoms with van der Waals surface area (Å²) < 4.78 is 11.3. The number of hydrogen-bond donors (Lipinski definition) is 1. The van der Waals surface area contributed by atoms with Crippen LogP contribution >= 0.6 is 0 Å². The van der Waals surface area contributed by atoms with Crippen molar-refractivity contribution in [2.24, 2.45) is 0 Å². The van der Waals surface area contributed by atoms with Crippen LogP contribution < -0.4 is 10.1 Å². The summed E-state index contributed by atoms with van der Waals surface area (Å²) in [5.74, 6) is 0.462. The quantitative estimate of drug-likeness (QED) is 0.350. The minimum Gasteiger partial charge on any atom is -0.495 e. The lowest BCUT2D eigenvalue weighted by molar-refractivity contribution is -0.384. The van der Waals surface area contributed by atoms with E-state index >= 15 is 0 Å². The third-order valence-corrected chi connectivity index (χ3v) is 5.04. The topological polar surface area (TPSA) is 108 Å². The SMILES string of the molecule is COc1ccc(-c2nc3cc(C)c(C)cc3o2)cc1NC(=O)c1ccc([N+](=O)[O-])cc1. The van der Waals surface area contributed by atoms with Crippen LogP contribution in [-0.4, -0.2) is 22.9 Å². The summed E-state index contributed by atoms with van der Waals surface area (Å²) in [7, 11) is 1.50. The lowest BCUT2D eigenvalue weighted by Gasteiger charge is -2.11. The van der Waals surface area contributed by atoms with Crippen LogP contribution in [0.2, 0.25) is 0 Å². The number of carbonyl (C=O) groups is 1. The summed E-state index contributed by atoms with van der Waals surface area (Å²) in [6, 6.07) is 14.5. The highest BCUT2D eigenvalue weighted by atomic mass is 16.6. The summed E-state index contributed by atoms with van der Waals surface area (Å²) >= 11 is 0. The number of nitrogens with zero attached hydrogens (tertiary/aromatic N) is 2. The second-order valence-corrected chi connectivity index (χ2v) is 7.10. The molecule has 4 rings (SSSR count). The van der Waals surface area contributed by atoms with E-state index in [2.05, 4.69) is 10.3 Å². The van der Waals surface area contributed by atoms with Crippen molar-refractivity contribution in [3.05, 3.63) is 81.4 Å². The number of nitro groups is 1. The Balaban J connectivity index is 1.66. The molecule has 3 aromatic carbocycles. The van der Waals surface area contributed by atoms with Crippen molar-refractivity contribution in [2.45, 2.75) is 13.8 Å². The van der Waals surface area contributed by atoms with Gasteiger partial charge in [-0.05, 0) is 67.4 Å². The fourth-order valence-electron chi connectivity index (χ4n) is 3.17. The molecule has 4 aromatic rings. The second kappa shape index (κ2) is 7.91. The van der Waals surface area contributed by atoms with Gasteiger partial charge in [0.1, 0.15) is 11.3 Å². The van der Waals surface area contributed by atoms with Crippen molar-refractivity contribution in [1.82, 2.24) is 4.98 Å². The highest BCUT2D eigenvalue weighted by molar-refractivity contribution is 6.05. The maximum atomic E-state index is 12.7. The molecule has 1 heterocycles. The molecule has 1 amide bonds. The highest BCUT2D eigenvalue weighted by Gasteiger charge is 2.15. The minimum atomic E-state index is -0.516. The molecule has 8 nitrogen and oxygen atoms in total. The molecule has 0 atom stereocenters. The number of anilines is 1. The van der Waals surface area contributed by atoms with Crippen molar-refractivity contribution in [1.29, 1.82) is 0 Å². The first-order valence-electron chi connectivity index (χ1n) is 9.47. The number of ether oxygens (including phenoxy) is 1. The Morgan fingerprint density at radius 3 is 2.45 bits per heavy atom. The van der Waals surface area contributed by atoms with Crippen molar-refractivity contribution >= 4 is 28.4 Å². The van der Waals surface area contributed by atoms with E-state index in [0.717, 1.165) is 16.6 Å². The van der Waals surface area contributed by atoms with Crippen LogP contribution in [0.1, 0.15) is 21.5 Å². The van der Waals surface area contributed by atoms with Gasteiger partial charge >= 0.3 is 0 Å². The van der Waals surface area contributed by atoms with Crippen LogP contribution in [-0.2, 0) is 0 Å². The maximum absolute atomic E-state index is 12.7. The lowest BCUT2D eigenvalue weighted by atomic mass is 10.1.